The number of fused-ring (bicyclic) bond motifs is 1. The number of para-hydroxylation sites is 1. The number of carbonyl (C=O) groups excluding carboxylic acids is 1. The third kappa shape index (κ3) is 2.71. The van der Waals surface area contributed by atoms with Crippen LogP contribution in [0.2, 0.25) is 0 Å². The second kappa shape index (κ2) is 6.22. The number of anilines is 1. The van der Waals surface area contributed by atoms with Crippen molar-refractivity contribution >= 4 is 11.7 Å². The van der Waals surface area contributed by atoms with Crippen molar-refractivity contribution in [1.29, 1.82) is 0 Å². The Kier molecular flexibility index (Phi) is 4.13. The standard InChI is InChI=1S/C17H21N3O2/c1-19(13-8-4-3-5-9-13)12-14-16(17(21)22-2)15-10-6-7-11-20(15)18-14/h3-5,8-9H,6-7,10-12H2,1-2H3. The normalized spacial score (nSPS) is 13.5. The molecule has 0 spiro atoms. The summed E-state index contributed by atoms with van der Waals surface area (Å²) in [7, 11) is 3.44. The first-order valence-corrected chi connectivity index (χ1v) is 7.63. The molecule has 0 N–H and O–H groups in total. The summed E-state index contributed by atoms with van der Waals surface area (Å²) in [5, 5.41) is 4.66. The fraction of sp³-hybridized carbons (Fsp3) is 0.412. The maximum Gasteiger partial charge on any atom is 0.341 e. The number of hydrogen-bond acceptors (Lipinski definition) is 4. The van der Waals surface area contributed by atoms with Gasteiger partial charge in [-0.15, -0.1) is 0 Å². The Morgan fingerprint density at radius 3 is 2.82 bits per heavy atom. The van der Waals surface area contributed by atoms with Crippen LogP contribution in [0.1, 0.15) is 34.6 Å². The van der Waals surface area contributed by atoms with E-state index in [0.717, 1.165) is 42.9 Å². The highest BCUT2D eigenvalue weighted by molar-refractivity contribution is 5.92. The van der Waals surface area contributed by atoms with Crippen LogP contribution in [0.5, 0.6) is 0 Å². The van der Waals surface area contributed by atoms with Gasteiger partial charge in [-0.3, -0.25) is 4.68 Å². The predicted octanol–water partition coefficient (Wildman–Crippen LogP) is 2.64. The number of ether oxygens (including phenoxy) is 1. The van der Waals surface area contributed by atoms with Crippen LogP contribution in [-0.2, 0) is 24.2 Å². The maximum atomic E-state index is 12.2. The van der Waals surface area contributed by atoms with Gasteiger partial charge in [0.15, 0.2) is 0 Å². The van der Waals surface area contributed by atoms with Gasteiger partial charge in [-0.05, 0) is 31.4 Å². The molecule has 1 aliphatic heterocycles. The first-order valence-electron chi connectivity index (χ1n) is 7.63. The monoisotopic (exact) mass is 299 g/mol. The van der Waals surface area contributed by atoms with Crippen LogP contribution in [0.25, 0.3) is 0 Å². The van der Waals surface area contributed by atoms with Crippen molar-refractivity contribution in [2.24, 2.45) is 0 Å². The molecule has 0 radical (unpaired) electrons. The molecular weight excluding hydrogens is 278 g/mol. The van der Waals surface area contributed by atoms with Crippen LogP contribution in [0.4, 0.5) is 5.69 Å². The quantitative estimate of drug-likeness (QED) is 0.814. The third-order valence-electron chi connectivity index (χ3n) is 4.14. The van der Waals surface area contributed by atoms with E-state index in [4.69, 9.17) is 4.74 Å². The largest absolute Gasteiger partial charge is 0.465 e. The number of aryl methyl sites for hydroxylation is 1. The Balaban J connectivity index is 1.93. The lowest BCUT2D eigenvalue weighted by Gasteiger charge is -2.18. The van der Waals surface area contributed by atoms with E-state index < -0.39 is 0 Å². The average molecular weight is 299 g/mol. The summed E-state index contributed by atoms with van der Waals surface area (Å²) in [5.41, 5.74) is 3.58. The van der Waals surface area contributed by atoms with Crippen LogP contribution in [0.3, 0.4) is 0 Å². The number of methoxy groups -OCH3 is 1. The van der Waals surface area contributed by atoms with Crippen LogP contribution in [0, 0.1) is 0 Å². The molecule has 1 aliphatic rings. The summed E-state index contributed by atoms with van der Waals surface area (Å²) in [6.07, 6.45) is 3.11. The first-order chi connectivity index (χ1) is 10.7. The lowest BCUT2D eigenvalue weighted by atomic mass is 10.0. The highest BCUT2D eigenvalue weighted by atomic mass is 16.5. The third-order valence-corrected chi connectivity index (χ3v) is 4.14. The summed E-state index contributed by atoms with van der Waals surface area (Å²) >= 11 is 0. The molecule has 1 aromatic heterocycles. The fourth-order valence-corrected chi connectivity index (χ4v) is 2.99. The van der Waals surface area contributed by atoms with Crippen LogP contribution < -0.4 is 4.90 Å². The molecule has 22 heavy (non-hydrogen) atoms. The van der Waals surface area contributed by atoms with Gasteiger partial charge in [0, 0.05) is 19.3 Å². The zero-order valence-corrected chi connectivity index (χ0v) is 13.1. The molecule has 0 bridgehead atoms. The number of rotatable bonds is 4. The minimum atomic E-state index is -0.278. The molecule has 116 valence electrons. The van der Waals surface area contributed by atoms with E-state index in [0.29, 0.717) is 12.1 Å². The lowest BCUT2D eigenvalue weighted by molar-refractivity contribution is 0.0597. The van der Waals surface area contributed by atoms with E-state index in [1.54, 1.807) is 0 Å². The van der Waals surface area contributed by atoms with Gasteiger partial charge in [-0.25, -0.2) is 4.79 Å². The predicted molar refractivity (Wildman–Crippen MR) is 85.1 cm³/mol. The van der Waals surface area contributed by atoms with Crippen LogP contribution in [-0.4, -0.2) is 29.9 Å². The molecule has 3 rings (SSSR count). The van der Waals surface area contributed by atoms with Crippen molar-refractivity contribution in [2.45, 2.75) is 32.4 Å². The molecule has 2 heterocycles. The minimum absolute atomic E-state index is 0.278. The zero-order chi connectivity index (χ0) is 15.5. The summed E-state index contributed by atoms with van der Waals surface area (Å²) in [6, 6.07) is 10.1. The van der Waals surface area contributed by atoms with Gasteiger partial charge >= 0.3 is 5.97 Å². The van der Waals surface area contributed by atoms with Gasteiger partial charge in [0.2, 0.25) is 0 Å². The number of aromatic nitrogens is 2. The smallest absolute Gasteiger partial charge is 0.341 e. The average Bonchev–Trinajstić information content (AvgIpc) is 2.92. The minimum Gasteiger partial charge on any atom is -0.465 e. The summed E-state index contributed by atoms with van der Waals surface area (Å²) < 4.78 is 6.95. The van der Waals surface area contributed by atoms with E-state index >= 15 is 0 Å². The molecule has 2 aromatic rings. The van der Waals surface area contributed by atoms with E-state index in [-0.39, 0.29) is 5.97 Å². The first kappa shape index (κ1) is 14.6. The van der Waals surface area contributed by atoms with Gasteiger partial charge < -0.3 is 9.64 Å². The van der Waals surface area contributed by atoms with Crippen molar-refractivity contribution in [3.63, 3.8) is 0 Å². The van der Waals surface area contributed by atoms with Gasteiger partial charge in [0.1, 0.15) is 5.56 Å². The topological polar surface area (TPSA) is 47.4 Å². The molecule has 0 aliphatic carbocycles. The Morgan fingerprint density at radius 2 is 2.09 bits per heavy atom. The molecule has 5 nitrogen and oxygen atoms in total. The SMILES string of the molecule is COC(=O)c1c(CN(C)c2ccccc2)nn2c1CCCC2. The molecule has 5 heteroatoms. The summed E-state index contributed by atoms with van der Waals surface area (Å²) in [5.74, 6) is -0.278. The Morgan fingerprint density at radius 1 is 1.32 bits per heavy atom. The number of nitrogens with zero attached hydrogens (tertiary/aromatic N) is 3. The zero-order valence-electron chi connectivity index (χ0n) is 13.1. The second-order valence-corrected chi connectivity index (χ2v) is 5.63. The van der Waals surface area contributed by atoms with Gasteiger partial charge in [0.05, 0.1) is 25.0 Å². The van der Waals surface area contributed by atoms with Crippen LogP contribution >= 0.6 is 0 Å². The molecule has 0 unspecified atom stereocenters. The molecule has 0 saturated heterocycles. The van der Waals surface area contributed by atoms with Gasteiger partial charge in [0.25, 0.3) is 0 Å². The van der Waals surface area contributed by atoms with Crippen molar-refractivity contribution in [3.05, 3.63) is 47.3 Å². The molecule has 0 atom stereocenters. The summed E-state index contributed by atoms with van der Waals surface area (Å²) in [6.45, 7) is 1.48. The number of esters is 1. The molecule has 0 fully saturated rings. The van der Waals surface area contributed by atoms with Gasteiger partial charge in [-0.1, -0.05) is 18.2 Å². The lowest BCUT2D eigenvalue weighted by Crippen LogP contribution is -2.19. The highest BCUT2D eigenvalue weighted by Gasteiger charge is 2.26. The van der Waals surface area contributed by atoms with E-state index in [9.17, 15) is 4.79 Å². The number of benzene rings is 1. The highest BCUT2D eigenvalue weighted by Crippen LogP contribution is 2.24. The Labute approximate surface area is 130 Å². The van der Waals surface area contributed by atoms with Gasteiger partial charge in [-0.2, -0.15) is 5.10 Å². The van der Waals surface area contributed by atoms with E-state index in [2.05, 4.69) is 10.00 Å². The van der Waals surface area contributed by atoms with Crippen molar-refractivity contribution < 1.29 is 9.53 Å². The fourth-order valence-electron chi connectivity index (χ4n) is 2.99. The number of carbonyl (C=O) groups is 1. The second-order valence-electron chi connectivity index (χ2n) is 5.63. The molecule has 1 aromatic carbocycles. The van der Waals surface area contributed by atoms with E-state index in [1.807, 2.05) is 42.1 Å². The molecule has 0 saturated carbocycles. The number of hydrogen-bond donors (Lipinski definition) is 0. The Bertz CT molecular complexity index is 664. The van der Waals surface area contributed by atoms with E-state index in [1.165, 1.54) is 7.11 Å². The Hall–Kier alpha value is -2.30. The van der Waals surface area contributed by atoms with Crippen LogP contribution in [0.15, 0.2) is 30.3 Å². The van der Waals surface area contributed by atoms with Crippen molar-refractivity contribution in [2.75, 3.05) is 19.1 Å². The van der Waals surface area contributed by atoms with Crippen molar-refractivity contribution in [1.82, 2.24) is 9.78 Å². The maximum absolute atomic E-state index is 12.2. The van der Waals surface area contributed by atoms with Crippen molar-refractivity contribution in [3.8, 4) is 0 Å². The molecular formula is C17H21N3O2. The molecule has 0 amide bonds. The summed E-state index contributed by atoms with van der Waals surface area (Å²) in [4.78, 5) is 14.3.